The SMILES string of the molecule is CCN(CC)C(=O)CCNCC(C)C(=O)OC. The van der Waals surface area contributed by atoms with E-state index in [1.807, 2.05) is 13.8 Å². The second-order valence-corrected chi connectivity index (χ2v) is 3.94. The van der Waals surface area contributed by atoms with Gasteiger partial charge in [-0.25, -0.2) is 0 Å². The first-order valence-corrected chi connectivity index (χ1v) is 6.13. The quantitative estimate of drug-likeness (QED) is 0.503. The summed E-state index contributed by atoms with van der Waals surface area (Å²) in [7, 11) is 1.38. The highest BCUT2D eigenvalue weighted by atomic mass is 16.5. The van der Waals surface area contributed by atoms with Crippen LogP contribution in [0.25, 0.3) is 0 Å². The van der Waals surface area contributed by atoms with E-state index < -0.39 is 0 Å². The highest BCUT2D eigenvalue weighted by molar-refractivity contribution is 5.76. The first kappa shape index (κ1) is 15.9. The van der Waals surface area contributed by atoms with E-state index in [1.54, 1.807) is 11.8 Å². The Bertz CT molecular complexity index is 240. The number of hydrogen-bond acceptors (Lipinski definition) is 4. The molecule has 0 saturated carbocycles. The molecule has 0 saturated heterocycles. The zero-order chi connectivity index (χ0) is 13.3. The maximum Gasteiger partial charge on any atom is 0.309 e. The number of methoxy groups -OCH3 is 1. The van der Waals surface area contributed by atoms with Crippen LogP contribution in [0.1, 0.15) is 27.2 Å². The Hall–Kier alpha value is -1.10. The molecule has 0 aliphatic rings. The molecule has 0 aromatic heterocycles. The molecule has 0 rings (SSSR count). The van der Waals surface area contributed by atoms with Gasteiger partial charge in [0.15, 0.2) is 0 Å². The first-order chi connectivity index (χ1) is 8.06. The molecule has 0 aromatic carbocycles. The molecule has 5 heteroatoms. The largest absolute Gasteiger partial charge is 0.469 e. The Morgan fingerprint density at radius 2 is 1.88 bits per heavy atom. The highest BCUT2D eigenvalue weighted by Crippen LogP contribution is 1.96. The van der Waals surface area contributed by atoms with Crippen molar-refractivity contribution >= 4 is 11.9 Å². The number of rotatable bonds is 8. The number of carbonyl (C=O) groups excluding carboxylic acids is 2. The molecule has 17 heavy (non-hydrogen) atoms. The lowest BCUT2D eigenvalue weighted by molar-refractivity contribution is -0.144. The van der Waals surface area contributed by atoms with E-state index >= 15 is 0 Å². The van der Waals surface area contributed by atoms with Crippen molar-refractivity contribution in [3.63, 3.8) is 0 Å². The number of ether oxygens (including phenoxy) is 1. The van der Waals surface area contributed by atoms with Crippen LogP contribution < -0.4 is 5.32 Å². The predicted molar refractivity (Wildman–Crippen MR) is 66.6 cm³/mol. The smallest absolute Gasteiger partial charge is 0.309 e. The molecule has 5 nitrogen and oxygen atoms in total. The summed E-state index contributed by atoms with van der Waals surface area (Å²) in [6.45, 7) is 8.35. The molecule has 0 bridgehead atoms. The van der Waals surface area contributed by atoms with Gasteiger partial charge < -0.3 is 15.0 Å². The Balaban J connectivity index is 3.71. The Kier molecular flexibility index (Phi) is 8.40. The Morgan fingerprint density at radius 3 is 2.35 bits per heavy atom. The van der Waals surface area contributed by atoms with Gasteiger partial charge in [-0.15, -0.1) is 0 Å². The van der Waals surface area contributed by atoms with Crippen molar-refractivity contribution in [3.8, 4) is 0 Å². The summed E-state index contributed by atoms with van der Waals surface area (Å²) >= 11 is 0. The van der Waals surface area contributed by atoms with Crippen molar-refractivity contribution in [1.29, 1.82) is 0 Å². The van der Waals surface area contributed by atoms with E-state index in [0.29, 0.717) is 19.5 Å². The molecule has 0 spiro atoms. The van der Waals surface area contributed by atoms with Gasteiger partial charge in [0.25, 0.3) is 0 Å². The number of nitrogens with zero attached hydrogens (tertiary/aromatic N) is 1. The molecule has 100 valence electrons. The molecule has 0 aliphatic carbocycles. The molecule has 0 radical (unpaired) electrons. The number of hydrogen-bond donors (Lipinski definition) is 1. The van der Waals surface area contributed by atoms with Gasteiger partial charge in [0.05, 0.1) is 13.0 Å². The second kappa shape index (κ2) is 8.98. The maximum atomic E-state index is 11.6. The number of nitrogens with one attached hydrogen (secondary N) is 1. The van der Waals surface area contributed by atoms with Gasteiger partial charge in [-0.2, -0.15) is 0 Å². The zero-order valence-electron chi connectivity index (χ0n) is 11.3. The minimum atomic E-state index is -0.229. The average molecular weight is 244 g/mol. The van der Waals surface area contributed by atoms with Crippen LogP contribution in [-0.4, -0.2) is 50.1 Å². The van der Waals surface area contributed by atoms with Crippen LogP contribution in [0.15, 0.2) is 0 Å². The molecule has 0 aromatic rings. The van der Waals surface area contributed by atoms with E-state index in [4.69, 9.17) is 0 Å². The number of esters is 1. The summed E-state index contributed by atoms with van der Waals surface area (Å²) in [4.78, 5) is 24.5. The van der Waals surface area contributed by atoms with Gasteiger partial charge >= 0.3 is 5.97 Å². The fraction of sp³-hybridized carbons (Fsp3) is 0.833. The van der Waals surface area contributed by atoms with Gasteiger partial charge in [0, 0.05) is 32.6 Å². The fourth-order valence-electron chi connectivity index (χ4n) is 1.53. The molecular formula is C12H24N2O3. The molecular weight excluding hydrogens is 220 g/mol. The third kappa shape index (κ3) is 6.26. The summed E-state index contributed by atoms with van der Waals surface area (Å²) in [5.74, 6) is -0.260. The predicted octanol–water partition coefficient (Wildman–Crippen LogP) is 0.644. The van der Waals surface area contributed by atoms with E-state index in [-0.39, 0.29) is 17.8 Å². The summed E-state index contributed by atoms with van der Waals surface area (Å²) in [5, 5.41) is 3.09. The standard InChI is InChI=1S/C12H24N2O3/c1-5-14(6-2)11(15)7-8-13-9-10(3)12(16)17-4/h10,13H,5-9H2,1-4H3. The highest BCUT2D eigenvalue weighted by Gasteiger charge is 2.13. The van der Waals surface area contributed by atoms with Crippen LogP contribution in [-0.2, 0) is 14.3 Å². The van der Waals surface area contributed by atoms with Crippen molar-refractivity contribution < 1.29 is 14.3 Å². The van der Waals surface area contributed by atoms with E-state index in [9.17, 15) is 9.59 Å². The van der Waals surface area contributed by atoms with Gasteiger partial charge in [-0.1, -0.05) is 6.92 Å². The lowest BCUT2D eigenvalue weighted by Crippen LogP contribution is -2.34. The van der Waals surface area contributed by atoms with Crippen LogP contribution in [0.4, 0.5) is 0 Å². The van der Waals surface area contributed by atoms with Gasteiger partial charge in [0.1, 0.15) is 0 Å². The monoisotopic (exact) mass is 244 g/mol. The zero-order valence-corrected chi connectivity index (χ0v) is 11.3. The van der Waals surface area contributed by atoms with Crippen molar-refractivity contribution in [1.82, 2.24) is 10.2 Å². The van der Waals surface area contributed by atoms with Crippen molar-refractivity contribution in [2.45, 2.75) is 27.2 Å². The minimum Gasteiger partial charge on any atom is -0.469 e. The first-order valence-electron chi connectivity index (χ1n) is 6.13. The molecule has 0 fully saturated rings. The topological polar surface area (TPSA) is 58.6 Å². The van der Waals surface area contributed by atoms with Crippen LogP contribution in [0.2, 0.25) is 0 Å². The van der Waals surface area contributed by atoms with E-state index in [2.05, 4.69) is 10.1 Å². The Labute approximate surface area is 103 Å². The van der Waals surface area contributed by atoms with Crippen LogP contribution in [0.3, 0.4) is 0 Å². The number of carbonyl (C=O) groups is 2. The van der Waals surface area contributed by atoms with Crippen molar-refractivity contribution in [3.05, 3.63) is 0 Å². The molecule has 1 amide bonds. The third-order valence-corrected chi connectivity index (χ3v) is 2.69. The maximum absolute atomic E-state index is 11.6. The van der Waals surface area contributed by atoms with Crippen LogP contribution in [0, 0.1) is 5.92 Å². The van der Waals surface area contributed by atoms with Crippen molar-refractivity contribution in [2.75, 3.05) is 33.3 Å². The summed E-state index contributed by atoms with van der Waals surface area (Å²) < 4.78 is 4.61. The minimum absolute atomic E-state index is 0.147. The molecule has 0 heterocycles. The van der Waals surface area contributed by atoms with E-state index in [0.717, 1.165) is 13.1 Å². The van der Waals surface area contributed by atoms with Crippen LogP contribution in [0.5, 0.6) is 0 Å². The van der Waals surface area contributed by atoms with Gasteiger partial charge in [-0.05, 0) is 13.8 Å². The second-order valence-electron chi connectivity index (χ2n) is 3.94. The summed E-state index contributed by atoms with van der Waals surface area (Å²) in [6.07, 6.45) is 0.468. The normalized spacial score (nSPS) is 12.0. The Morgan fingerprint density at radius 1 is 1.29 bits per heavy atom. The lowest BCUT2D eigenvalue weighted by Gasteiger charge is -2.18. The number of amides is 1. The molecule has 1 unspecified atom stereocenters. The molecule has 0 aliphatic heterocycles. The summed E-state index contributed by atoms with van der Waals surface area (Å²) in [5.41, 5.74) is 0. The molecule has 1 atom stereocenters. The van der Waals surface area contributed by atoms with Crippen molar-refractivity contribution in [2.24, 2.45) is 5.92 Å². The third-order valence-electron chi connectivity index (χ3n) is 2.69. The van der Waals surface area contributed by atoms with Gasteiger partial charge in [0.2, 0.25) is 5.91 Å². The summed E-state index contributed by atoms with van der Waals surface area (Å²) in [6, 6.07) is 0. The van der Waals surface area contributed by atoms with E-state index in [1.165, 1.54) is 7.11 Å². The average Bonchev–Trinajstić information content (AvgIpc) is 2.34. The van der Waals surface area contributed by atoms with Gasteiger partial charge in [-0.3, -0.25) is 9.59 Å². The molecule has 1 N–H and O–H groups in total. The van der Waals surface area contributed by atoms with Crippen LogP contribution >= 0.6 is 0 Å². The lowest BCUT2D eigenvalue weighted by atomic mass is 10.2. The fourth-order valence-corrected chi connectivity index (χ4v) is 1.53.